The molecule has 1 aliphatic rings. The predicted molar refractivity (Wildman–Crippen MR) is 108 cm³/mol. The number of hydrogen-bond donors (Lipinski definition) is 0. The largest absolute Gasteiger partial charge is 0.469 e. The Morgan fingerprint density at radius 2 is 1.30 bits per heavy atom. The summed E-state index contributed by atoms with van der Waals surface area (Å²) in [5.41, 5.74) is 0. The summed E-state index contributed by atoms with van der Waals surface area (Å²) in [6.07, 6.45) is -3.94. The van der Waals surface area contributed by atoms with Gasteiger partial charge in [-0.05, 0) is 12.8 Å². The zero-order valence-corrected chi connectivity index (χ0v) is 19.5. The minimum absolute atomic E-state index is 0.162. The molecule has 0 bridgehead atoms. The summed E-state index contributed by atoms with van der Waals surface area (Å²) in [5.74, 6) is -3.04. The standard InChI is InChI=1S/C21H32O12/c1-12(22)29-11-16-18(30-13(2)23)19(31-14(3)24)20(32-15(4)25)21(33-16)28-10-8-6-7-9-17(26)27-5/h16,18-21H,6-11H2,1-5H3/t16-,18-,19+,20-,21-/m1/s1. The molecular formula is C21H32O12. The number of hydrogen-bond acceptors (Lipinski definition) is 12. The van der Waals surface area contributed by atoms with Gasteiger partial charge in [0.2, 0.25) is 0 Å². The van der Waals surface area contributed by atoms with Crippen LogP contribution in [0.5, 0.6) is 0 Å². The van der Waals surface area contributed by atoms with Crippen LogP contribution in [0.15, 0.2) is 0 Å². The van der Waals surface area contributed by atoms with E-state index in [2.05, 4.69) is 4.74 Å². The zero-order valence-electron chi connectivity index (χ0n) is 19.5. The van der Waals surface area contributed by atoms with Crippen molar-refractivity contribution in [3.05, 3.63) is 0 Å². The van der Waals surface area contributed by atoms with Gasteiger partial charge < -0.3 is 33.2 Å². The zero-order chi connectivity index (χ0) is 25.0. The highest BCUT2D eigenvalue weighted by Crippen LogP contribution is 2.30. The smallest absolute Gasteiger partial charge is 0.305 e. The first-order chi connectivity index (χ1) is 15.5. The maximum Gasteiger partial charge on any atom is 0.305 e. The van der Waals surface area contributed by atoms with Crippen LogP contribution in [-0.4, -0.2) is 80.9 Å². The van der Waals surface area contributed by atoms with E-state index in [-0.39, 0.29) is 25.6 Å². The summed E-state index contributed by atoms with van der Waals surface area (Å²) in [6.45, 7) is 4.47. The normalized spacial score (nSPS) is 24.3. The van der Waals surface area contributed by atoms with Crippen molar-refractivity contribution in [2.75, 3.05) is 20.3 Å². The van der Waals surface area contributed by atoms with Gasteiger partial charge in [-0.3, -0.25) is 24.0 Å². The van der Waals surface area contributed by atoms with Crippen LogP contribution in [0.25, 0.3) is 0 Å². The van der Waals surface area contributed by atoms with Crippen molar-refractivity contribution in [3.8, 4) is 0 Å². The highest BCUT2D eigenvalue weighted by atomic mass is 16.7. The van der Waals surface area contributed by atoms with E-state index >= 15 is 0 Å². The molecule has 0 unspecified atom stereocenters. The van der Waals surface area contributed by atoms with Crippen molar-refractivity contribution in [3.63, 3.8) is 0 Å². The Labute approximate surface area is 192 Å². The lowest BCUT2D eigenvalue weighted by Gasteiger charge is -2.44. The minimum atomic E-state index is -1.27. The van der Waals surface area contributed by atoms with Gasteiger partial charge >= 0.3 is 29.8 Å². The first kappa shape index (κ1) is 28.3. The summed E-state index contributed by atoms with van der Waals surface area (Å²) in [4.78, 5) is 57.6. The molecular weight excluding hydrogens is 444 g/mol. The van der Waals surface area contributed by atoms with Crippen molar-refractivity contribution in [1.82, 2.24) is 0 Å². The third-order valence-corrected chi connectivity index (χ3v) is 4.48. The molecule has 0 saturated carbocycles. The first-order valence-electron chi connectivity index (χ1n) is 10.5. The number of carbonyl (C=O) groups is 5. The van der Waals surface area contributed by atoms with Gasteiger partial charge in [0.1, 0.15) is 12.7 Å². The Bertz CT molecular complexity index is 691. The van der Waals surface area contributed by atoms with Crippen LogP contribution in [0.3, 0.4) is 0 Å². The van der Waals surface area contributed by atoms with E-state index in [1.165, 1.54) is 14.0 Å². The van der Waals surface area contributed by atoms with E-state index in [1.807, 2.05) is 0 Å². The highest BCUT2D eigenvalue weighted by molar-refractivity contribution is 5.69. The van der Waals surface area contributed by atoms with Gasteiger partial charge in [0, 0.05) is 40.7 Å². The van der Waals surface area contributed by atoms with Crippen LogP contribution in [0.2, 0.25) is 0 Å². The maximum atomic E-state index is 11.8. The van der Waals surface area contributed by atoms with E-state index in [4.69, 9.17) is 28.4 Å². The fourth-order valence-electron chi connectivity index (χ4n) is 3.17. The van der Waals surface area contributed by atoms with Gasteiger partial charge in [0.25, 0.3) is 0 Å². The molecule has 0 aromatic heterocycles. The maximum absolute atomic E-state index is 11.8. The number of rotatable bonds is 12. The summed E-state index contributed by atoms with van der Waals surface area (Å²) < 4.78 is 37.0. The predicted octanol–water partition coefficient (Wildman–Crippen LogP) is 0.820. The second kappa shape index (κ2) is 14.4. The van der Waals surface area contributed by atoms with Crippen LogP contribution >= 0.6 is 0 Å². The Morgan fingerprint density at radius 1 is 0.727 bits per heavy atom. The first-order valence-corrected chi connectivity index (χ1v) is 10.5. The molecule has 0 spiro atoms. The molecule has 188 valence electrons. The average Bonchev–Trinajstić information content (AvgIpc) is 2.71. The summed E-state index contributed by atoms with van der Waals surface area (Å²) in [6, 6.07) is 0. The fraction of sp³-hybridized carbons (Fsp3) is 0.762. The minimum Gasteiger partial charge on any atom is -0.469 e. The average molecular weight is 476 g/mol. The Kier molecular flexibility index (Phi) is 12.4. The molecule has 5 atom stereocenters. The van der Waals surface area contributed by atoms with Crippen LogP contribution in [0.1, 0.15) is 53.4 Å². The van der Waals surface area contributed by atoms with Crippen LogP contribution in [0, 0.1) is 0 Å². The van der Waals surface area contributed by atoms with E-state index < -0.39 is 54.6 Å². The number of ether oxygens (including phenoxy) is 7. The Hall–Kier alpha value is -2.73. The Balaban J connectivity index is 3.00. The number of unbranched alkanes of at least 4 members (excludes halogenated alkanes) is 2. The molecule has 1 heterocycles. The van der Waals surface area contributed by atoms with E-state index in [0.29, 0.717) is 19.3 Å². The Morgan fingerprint density at radius 3 is 1.85 bits per heavy atom. The summed E-state index contributed by atoms with van der Waals surface area (Å²) >= 11 is 0. The van der Waals surface area contributed by atoms with E-state index in [1.54, 1.807) is 0 Å². The second-order valence-corrected chi connectivity index (χ2v) is 7.33. The van der Waals surface area contributed by atoms with Crippen molar-refractivity contribution < 1.29 is 57.1 Å². The van der Waals surface area contributed by atoms with Gasteiger partial charge in [0.15, 0.2) is 24.6 Å². The third kappa shape index (κ3) is 10.6. The second-order valence-electron chi connectivity index (χ2n) is 7.33. The number of carbonyl (C=O) groups excluding carboxylic acids is 5. The quantitative estimate of drug-likeness (QED) is 0.223. The lowest BCUT2D eigenvalue weighted by atomic mass is 9.98. The lowest BCUT2D eigenvalue weighted by Crippen LogP contribution is -2.63. The molecule has 0 N–H and O–H groups in total. The van der Waals surface area contributed by atoms with Crippen LogP contribution < -0.4 is 0 Å². The van der Waals surface area contributed by atoms with Crippen molar-refractivity contribution in [1.29, 1.82) is 0 Å². The van der Waals surface area contributed by atoms with Crippen molar-refractivity contribution in [2.24, 2.45) is 0 Å². The molecule has 0 amide bonds. The number of esters is 5. The molecule has 12 heteroatoms. The molecule has 0 radical (unpaired) electrons. The molecule has 0 aromatic carbocycles. The molecule has 1 saturated heterocycles. The van der Waals surface area contributed by atoms with Crippen LogP contribution in [-0.2, 0) is 57.1 Å². The third-order valence-electron chi connectivity index (χ3n) is 4.48. The van der Waals surface area contributed by atoms with Crippen molar-refractivity contribution in [2.45, 2.75) is 84.1 Å². The van der Waals surface area contributed by atoms with E-state index in [0.717, 1.165) is 20.8 Å². The highest BCUT2D eigenvalue weighted by Gasteiger charge is 2.52. The molecule has 0 aromatic rings. The van der Waals surface area contributed by atoms with Crippen molar-refractivity contribution >= 4 is 29.8 Å². The molecule has 1 aliphatic heterocycles. The lowest BCUT2D eigenvalue weighted by molar-refractivity contribution is -0.308. The van der Waals surface area contributed by atoms with Gasteiger partial charge in [-0.1, -0.05) is 6.42 Å². The van der Waals surface area contributed by atoms with E-state index in [9.17, 15) is 24.0 Å². The summed E-state index contributed by atoms with van der Waals surface area (Å²) in [5, 5.41) is 0. The van der Waals surface area contributed by atoms with Gasteiger partial charge in [-0.15, -0.1) is 0 Å². The monoisotopic (exact) mass is 476 g/mol. The van der Waals surface area contributed by atoms with Gasteiger partial charge in [-0.25, -0.2) is 0 Å². The molecule has 33 heavy (non-hydrogen) atoms. The van der Waals surface area contributed by atoms with Gasteiger partial charge in [-0.2, -0.15) is 0 Å². The van der Waals surface area contributed by atoms with Gasteiger partial charge in [0.05, 0.1) is 7.11 Å². The fourth-order valence-corrected chi connectivity index (χ4v) is 3.17. The van der Waals surface area contributed by atoms with Crippen LogP contribution in [0.4, 0.5) is 0 Å². The number of methoxy groups -OCH3 is 1. The molecule has 1 rings (SSSR count). The topological polar surface area (TPSA) is 150 Å². The molecule has 0 aliphatic carbocycles. The summed E-state index contributed by atoms with van der Waals surface area (Å²) in [7, 11) is 1.32. The molecule has 1 fully saturated rings. The molecule has 12 nitrogen and oxygen atoms in total. The SMILES string of the molecule is COC(=O)CCCCCO[C@@H]1O[C@H](COC(C)=O)[C@@H](OC(C)=O)[C@H](OC(C)=O)[C@H]1OC(C)=O.